The maximum atomic E-state index is 13.2. The normalized spacial score (nSPS) is 17.7. The molecule has 0 aromatic heterocycles. The lowest BCUT2D eigenvalue weighted by molar-refractivity contribution is 0.0758. The number of hydrogen-bond donors (Lipinski definition) is 1. The molecule has 0 radical (unpaired) electrons. The minimum atomic E-state index is -3.82. The number of methoxy groups -OCH3 is 1. The molecule has 2 aromatic carbocycles. The van der Waals surface area contributed by atoms with E-state index in [4.69, 9.17) is 4.74 Å². The van der Waals surface area contributed by atoms with Crippen LogP contribution in [0.25, 0.3) is 0 Å². The van der Waals surface area contributed by atoms with E-state index >= 15 is 0 Å². The number of rotatable bonds is 6. The molecule has 1 aliphatic heterocycles. The van der Waals surface area contributed by atoms with Gasteiger partial charge in [0.2, 0.25) is 10.0 Å². The highest BCUT2D eigenvalue weighted by Crippen LogP contribution is 2.28. The highest BCUT2D eigenvalue weighted by atomic mass is 32.2. The van der Waals surface area contributed by atoms with Crippen LogP contribution in [0.2, 0.25) is 0 Å². The lowest BCUT2D eigenvalue weighted by Gasteiger charge is -2.22. The van der Waals surface area contributed by atoms with Crippen molar-refractivity contribution in [2.75, 3.05) is 20.2 Å². The summed E-state index contributed by atoms with van der Waals surface area (Å²) in [6.07, 6.45) is 8.68. The number of sulfonamides is 1. The number of fused-ring (bicyclic) bond motifs is 1. The van der Waals surface area contributed by atoms with Gasteiger partial charge in [-0.25, -0.2) is 13.1 Å². The third kappa shape index (κ3) is 5.41. The summed E-state index contributed by atoms with van der Waals surface area (Å²) in [7, 11) is -2.33. The quantitative estimate of drug-likeness (QED) is 0.668. The van der Waals surface area contributed by atoms with E-state index in [-0.39, 0.29) is 16.8 Å². The first-order valence-electron chi connectivity index (χ1n) is 12.0. The summed E-state index contributed by atoms with van der Waals surface area (Å²) in [6, 6.07) is 10.4. The fourth-order valence-electron chi connectivity index (χ4n) is 4.86. The zero-order valence-corrected chi connectivity index (χ0v) is 20.4. The summed E-state index contributed by atoms with van der Waals surface area (Å²) in [6.45, 7) is 3.23. The van der Waals surface area contributed by atoms with Gasteiger partial charge in [0, 0.05) is 19.1 Å². The van der Waals surface area contributed by atoms with Crippen LogP contribution in [0.1, 0.15) is 78.5 Å². The van der Waals surface area contributed by atoms with E-state index in [1.807, 2.05) is 17.9 Å². The van der Waals surface area contributed by atoms with Crippen molar-refractivity contribution in [1.29, 1.82) is 0 Å². The molecule has 0 unspecified atom stereocenters. The Kier molecular flexibility index (Phi) is 7.39. The molecule has 0 saturated carbocycles. The number of ether oxygens (including phenoxy) is 1. The van der Waals surface area contributed by atoms with Crippen molar-refractivity contribution in [3.05, 3.63) is 58.7 Å². The average molecular weight is 471 g/mol. The number of hydrogen-bond acceptors (Lipinski definition) is 4. The third-order valence-electron chi connectivity index (χ3n) is 6.81. The van der Waals surface area contributed by atoms with Crippen molar-refractivity contribution in [1.82, 2.24) is 9.62 Å². The van der Waals surface area contributed by atoms with Gasteiger partial charge in [0.05, 0.1) is 17.6 Å². The average Bonchev–Trinajstić information content (AvgIpc) is 3.12. The molecule has 33 heavy (non-hydrogen) atoms. The molecule has 1 N–H and O–H groups in total. The van der Waals surface area contributed by atoms with Gasteiger partial charge in [-0.05, 0) is 80.3 Å². The number of nitrogens with zero attached hydrogens (tertiary/aromatic N) is 1. The van der Waals surface area contributed by atoms with Gasteiger partial charge in [-0.15, -0.1) is 0 Å². The molecule has 1 heterocycles. The van der Waals surface area contributed by atoms with Crippen molar-refractivity contribution in [3.63, 3.8) is 0 Å². The van der Waals surface area contributed by atoms with Crippen LogP contribution in [-0.4, -0.2) is 39.4 Å². The molecule has 1 atom stereocenters. The molecule has 1 amide bonds. The number of nitrogens with one attached hydrogen (secondary N) is 1. The van der Waals surface area contributed by atoms with Gasteiger partial charge in [0.15, 0.2) is 0 Å². The molecular weight excluding hydrogens is 436 g/mol. The summed E-state index contributed by atoms with van der Waals surface area (Å²) >= 11 is 0. The number of amides is 1. The molecule has 4 rings (SSSR count). The van der Waals surface area contributed by atoms with E-state index in [9.17, 15) is 13.2 Å². The molecule has 178 valence electrons. The van der Waals surface area contributed by atoms with Crippen LogP contribution in [0.3, 0.4) is 0 Å². The highest BCUT2D eigenvalue weighted by molar-refractivity contribution is 7.89. The molecule has 0 spiro atoms. The van der Waals surface area contributed by atoms with Gasteiger partial charge in [-0.2, -0.15) is 0 Å². The Labute approximate surface area is 197 Å². The second-order valence-electron chi connectivity index (χ2n) is 9.15. The Morgan fingerprint density at radius 3 is 2.33 bits per heavy atom. The Morgan fingerprint density at radius 1 is 0.939 bits per heavy atom. The Balaban J connectivity index is 1.57. The number of benzene rings is 2. The largest absolute Gasteiger partial charge is 0.496 e. The first-order chi connectivity index (χ1) is 15.9. The first kappa shape index (κ1) is 23.8. The summed E-state index contributed by atoms with van der Waals surface area (Å²) in [5.74, 6) is 0.222. The Morgan fingerprint density at radius 2 is 1.64 bits per heavy atom. The SMILES string of the molecule is COc1ccc(S(=O)(=O)N[C@H](C)c2ccc3c(c2)CCCC3)cc1C(=O)N1CCCCCC1. The van der Waals surface area contributed by atoms with Crippen molar-refractivity contribution in [2.24, 2.45) is 0 Å². The summed E-state index contributed by atoms with van der Waals surface area (Å²) in [4.78, 5) is 15.1. The van der Waals surface area contributed by atoms with Gasteiger partial charge in [0.1, 0.15) is 5.75 Å². The van der Waals surface area contributed by atoms with Crippen LogP contribution in [-0.2, 0) is 22.9 Å². The van der Waals surface area contributed by atoms with Crippen molar-refractivity contribution >= 4 is 15.9 Å². The second kappa shape index (κ2) is 10.3. The highest BCUT2D eigenvalue weighted by Gasteiger charge is 2.25. The fourth-order valence-corrected chi connectivity index (χ4v) is 6.11. The number of aryl methyl sites for hydroxylation is 2. The van der Waals surface area contributed by atoms with E-state index in [2.05, 4.69) is 16.9 Å². The van der Waals surface area contributed by atoms with Crippen LogP contribution in [0.15, 0.2) is 41.3 Å². The monoisotopic (exact) mass is 470 g/mol. The molecular formula is C26H34N2O4S. The van der Waals surface area contributed by atoms with Crippen LogP contribution < -0.4 is 9.46 Å². The number of carbonyl (C=O) groups excluding carboxylic acids is 1. The number of likely N-dealkylation sites (tertiary alicyclic amines) is 1. The number of carbonyl (C=O) groups is 1. The van der Waals surface area contributed by atoms with E-state index in [1.165, 1.54) is 43.2 Å². The van der Waals surface area contributed by atoms with E-state index in [1.54, 1.807) is 6.07 Å². The van der Waals surface area contributed by atoms with Gasteiger partial charge < -0.3 is 9.64 Å². The standard InChI is InChI=1S/C26H34N2O4S/c1-19(21-12-11-20-9-5-6-10-22(20)17-21)27-33(30,31)23-13-14-25(32-2)24(18-23)26(29)28-15-7-3-4-8-16-28/h11-14,17-19,27H,3-10,15-16H2,1-2H3/t19-/m1/s1. The van der Waals surface area contributed by atoms with Crippen molar-refractivity contribution in [3.8, 4) is 5.75 Å². The molecule has 2 aromatic rings. The van der Waals surface area contributed by atoms with Gasteiger partial charge in [-0.3, -0.25) is 4.79 Å². The maximum absolute atomic E-state index is 13.2. The fraction of sp³-hybridized carbons (Fsp3) is 0.500. The van der Waals surface area contributed by atoms with E-state index in [0.717, 1.165) is 44.1 Å². The summed E-state index contributed by atoms with van der Waals surface area (Å²) in [5.41, 5.74) is 3.93. The lowest BCUT2D eigenvalue weighted by Crippen LogP contribution is -2.32. The lowest BCUT2D eigenvalue weighted by atomic mass is 9.89. The van der Waals surface area contributed by atoms with Gasteiger partial charge in [0.25, 0.3) is 5.91 Å². The van der Waals surface area contributed by atoms with E-state index in [0.29, 0.717) is 24.4 Å². The van der Waals surface area contributed by atoms with Crippen LogP contribution in [0.5, 0.6) is 5.75 Å². The topological polar surface area (TPSA) is 75.7 Å². The van der Waals surface area contributed by atoms with Gasteiger partial charge in [-0.1, -0.05) is 31.0 Å². The van der Waals surface area contributed by atoms with E-state index < -0.39 is 10.0 Å². The molecule has 1 fully saturated rings. The predicted molar refractivity (Wildman–Crippen MR) is 129 cm³/mol. The predicted octanol–water partition coefficient (Wildman–Crippen LogP) is 4.63. The van der Waals surface area contributed by atoms with Crippen LogP contribution >= 0.6 is 0 Å². The zero-order valence-electron chi connectivity index (χ0n) is 19.6. The maximum Gasteiger partial charge on any atom is 0.257 e. The molecule has 7 heteroatoms. The van der Waals surface area contributed by atoms with Crippen LogP contribution in [0.4, 0.5) is 0 Å². The van der Waals surface area contributed by atoms with Gasteiger partial charge >= 0.3 is 0 Å². The first-order valence-corrected chi connectivity index (χ1v) is 13.5. The Hall–Kier alpha value is -2.38. The molecule has 2 aliphatic rings. The molecule has 1 aliphatic carbocycles. The summed E-state index contributed by atoms with van der Waals surface area (Å²) in [5, 5.41) is 0. The molecule has 1 saturated heterocycles. The van der Waals surface area contributed by atoms with Crippen molar-refractivity contribution < 1.29 is 17.9 Å². The zero-order chi connectivity index (χ0) is 23.4. The smallest absolute Gasteiger partial charge is 0.257 e. The summed E-state index contributed by atoms with van der Waals surface area (Å²) < 4.78 is 34.7. The molecule has 6 nitrogen and oxygen atoms in total. The third-order valence-corrected chi connectivity index (χ3v) is 8.35. The molecule has 0 bridgehead atoms. The van der Waals surface area contributed by atoms with Crippen molar-refractivity contribution in [2.45, 2.75) is 69.2 Å². The minimum Gasteiger partial charge on any atom is -0.496 e. The minimum absolute atomic E-state index is 0.0753. The van der Waals surface area contributed by atoms with Crippen LogP contribution in [0, 0.1) is 0 Å². The second-order valence-corrected chi connectivity index (χ2v) is 10.9. The Bertz CT molecular complexity index is 1110.